The van der Waals surface area contributed by atoms with Crippen molar-refractivity contribution in [3.05, 3.63) is 58.6 Å². The van der Waals surface area contributed by atoms with Crippen LogP contribution in [0.1, 0.15) is 23.6 Å². The number of amides is 1. The van der Waals surface area contributed by atoms with Crippen LogP contribution in [0.4, 0.5) is 4.79 Å². The zero-order valence-corrected chi connectivity index (χ0v) is 11.5. The molecule has 0 heterocycles. The van der Waals surface area contributed by atoms with Gasteiger partial charge in [-0.15, -0.1) is 0 Å². The quantitative estimate of drug-likeness (QED) is 0.867. The first-order chi connectivity index (χ1) is 9.65. The number of halogens is 1. The van der Waals surface area contributed by atoms with Crippen LogP contribution >= 0.6 is 11.6 Å². The number of rotatable bonds is 2. The van der Waals surface area contributed by atoms with Crippen LogP contribution in [0.15, 0.2) is 42.5 Å². The van der Waals surface area contributed by atoms with Gasteiger partial charge in [0.15, 0.2) is 0 Å². The molecule has 1 aliphatic carbocycles. The van der Waals surface area contributed by atoms with E-state index >= 15 is 0 Å². The van der Waals surface area contributed by atoms with Crippen molar-refractivity contribution in [2.45, 2.75) is 18.9 Å². The maximum Gasteiger partial charge on any atom is 0.405 e. The number of carboxylic acid groups (broad SMARTS) is 1. The third-order valence-corrected chi connectivity index (χ3v) is 4.03. The fourth-order valence-electron chi connectivity index (χ4n) is 2.78. The maximum atomic E-state index is 10.8. The molecule has 0 spiro atoms. The fraction of sp³-hybridized carbons (Fsp3) is 0.188. The summed E-state index contributed by atoms with van der Waals surface area (Å²) in [5, 5.41) is 12.1. The first-order valence-electron chi connectivity index (χ1n) is 6.52. The molecule has 3 rings (SSSR count). The van der Waals surface area contributed by atoms with Crippen LogP contribution in [0, 0.1) is 0 Å². The van der Waals surface area contributed by atoms with Crippen LogP contribution in [-0.2, 0) is 6.42 Å². The van der Waals surface area contributed by atoms with E-state index in [-0.39, 0.29) is 6.04 Å². The van der Waals surface area contributed by atoms with E-state index in [1.165, 1.54) is 5.56 Å². The summed E-state index contributed by atoms with van der Waals surface area (Å²) in [6.07, 6.45) is 0.727. The molecule has 2 N–H and O–H groups in total. The Morgan fingerprint density at radius 3 is 2.80 bits per heavy atom. The normalized spacial score (nSPS) is 16.8. The summed E-state index contributed by atoms with van der Waals surface area (Å²) >= 11 is 6.22. The van der Waals surface area contributed by atoms with Crippen LogP contribution < -0.4 is 5.32 Å². The van der Waals surface area contributed by atoms with Gasteiger partial charge in [-0.1, -0.05) is 48.0 Å². The molecule has 2 aromatic rings. The van der Waals surface area contributed by atoms with Gasteiger partial charge in [-0.3, -0.25) is 0 Å². The van der Waals surface area contributed by atoms with Crippen LogP contribution in [0.5, 0.6) is 0 Å². The van der Waals surface area contributed by atoms with Crippen molar-refractivity contribution in [2.75, 3.05) is 0 Å². The molecule has 1 aliphatic rings. The van der Waals surface area contributed by atoms with E-state index in [1.807, 2.05) is 36.4 Å². The standard InChI is InChI=1S/C16H14ClNO2/c17-14-4-2-1-3-12(14)10-5-7-13-11(9-10)6-8-15(13)18-16(19)20/h1-5,7,9,15,18H,6,8H2,(H,19,20). The van der Waals surface area contributed by atoms with Crippen molar-refractivity contribution in [3.63, 3.8) is 0 Å². The van der Waals surface area contributed by atoms with E-state index in [2.05, 4.69) is 11.4 Å². The molecule has 3 nitrogen and oxygen atoms in total. The predicted octanol–water partition coefficient (Wildman–Crippen LogP) is 4.26. The lowest BCUT2D eigenvalue weighted by Gasteiger charge is -2.12. The molecule has 0 saturated heterocycles. The van der Waals surface area contributed by atoms with Crippen molar-refractivity contribution < 1.29 is 9.90 Å². The number of fused-ring (bicyclic) bond motifs is 1. The highest BCUT2D eigenvalue weighted by Gasteiger charge is 2.24. The van der Waals surface area contributed by atoms with Crippen molar-refractivity contribution in [1.29, 1.82) is 0 Å². The zero-order valence-electron chi connectivity index (χ0n) is 10.8. The van der Waals surface area contributed by atoms with E-state index in [0.29, 0.717) is 0 Å². The molecule has 0 aromatic heterocycles. The molecule has 20 heavy (non-hydrogen) atoms. The zero-order chi connectivity index (χ0) is 14.1. The highest BCUT2D eigenvalue weighted by atomic mass is 35.5. The Morgan fingerprint density at radius 2 is 2.05 bits per heavy atom. The smallest absolute Gasteiger partial charge is 0.405 e. The summed E-state index contributed by atoms with van der Waals surface area (Å²) in [7, 11) is 0. The number of aryl methyl sites for hydroxylation is 1. The van der Waals surface area contributed by atoms with Crippen LogP contribution in [0.25, 0.3) is 11.1 Å². The Kier molecular flexibility index (Phi) is 3.36. The van der Waals surface area contributed by atoms with Crippen molar-refractivity contribution in [2.24, 2.45) is 0 Å². The van der Waals surface area contributed by atoms with Gasteiger partial charge in [-0.25, -0.2) is 4.79 Å². The lowest BCUT2D eigenvalue weighted by atomic mass is 10.00. The molecular weight excluding hydrogens is 274 g/mol. The second-order valence-corrected chi connectivity index (χ2v) is 5.34. The highest BCUT2D eigenvalue weighted by molar-refractivity contribution is 6.33. The van der Waals surface area contributed by atoms with Crippen molar-refractivity contribution in [1.82, 2.24) is 5.32 Å². The van der Waals surface area contributed by atoms with Gasteiger partial charge in [0.2, 0.25) is 0 Å². The minimum atomic E-state index is -0.974. The van der Waals surface area contributed by atoms with Gasteiger partial charge < -0.3 is 10.4 Å². The van der Waals surface area contributed by atoms with Gasteiger partial charge >= 0.3 is 6.09 Å². The topological polar surface area (TPSA) is 49.3 Å². The third-order valence-electron chi connectivity index (χ3n) is 3.70. The number of nitrogens with one attached hydrogen (secondary N) is 1. The van der Waals surface area contributed by atoms with Gasteiger partial charge in [-0.05, 0) is 35.6 Å². The third kappa shape index (κ3) is 2.37. The highest BCUT2D eigenvalue weighted by Crippen LogP contribution is 2.35. The first-order valence-corrected chi connectivity index (χ1v) is 6.90. The van der Waals surface area contributed by atoms with Gasteiger partial charge in [-0.2, -0.15) is 0 Å². The lowest BCUT2D eigenvalue weighted by Crippen LogP contribution is -2.24. The molecule has 102 valence electrons. The fourth-order valence-corrected chi connectivity index (χ4v) is 3.02. The molecule has 1 atom stereocenters. The van der Waals surface area contributed by atoms with E-state index < -0.39 is 6.09 Å². The summed E-state index contributed by atoms with van der Waals surface area (Å²) in [4.78, 5) is 10.8. The molecule has 0 radical (unpaired) electrons. The molecule has 0 saturated carbocycles. The lowest BCUT2D eigenvalue weighted by molar-refractivity contribution is 0.190. The summed E-state index contributed by atoms with van der Waals surface area (Å²) in [6.45, 7) is 0. The number of hydrogen-bond donors (Lipinski definition) is 2. The number of carbonyl (C=O) groups is 1. The van der Waals surface area contributed by atoms with Crippen LogP contribution in [0.2, 0.25) is 5.02 Å². The van der Waals surface area contributed by atoms with Crippen LogP contribution in [-0.4, -0.2) is 11.2 Å². The SMILES string of the molecule is O=C(O)NC1CCc2cc(-c3ccccc3Cl)ccc21. The first kappa shape index (κ1) is 13.0. The second-order valence-electron chi connectivity index (χ2n) is 4.93. The molecule has 0 bridgehead atoms. The summed E-state index contributed by atoms with van der Waals surface area (Å²) < 4.78 is 0. The Hall–Kier alpha value is -2.00. The Bertz CT molecular complexity index is 669. The van der Waals surface area contributed by atoms with E-state index in [0.717, 1.165) is 34.6 Å². The van der Waals surface area contributed by atoms with Gasteiger partial charge in [0, 0.05) is 10.6 Å². The summed E-state index contributed by atoms with van der Waals surface area (Å²) in [5.41, 5.74) is 4.35. The molecule has 4 heteroatoms. The average molecular weight is 288 g/mol. The predicted molar refractivity (Wildman–Crippen MR) is 79.1 cm³/mol. The maximum absolute atomic E-state index is 10.8. The van der Waals surface area contributed by atoms with Crippen molar-refractivity contribution >= 4 is 17.7 Å². The number of benzene rings is 2. The second kappa shape index (κ2) is 5.17. The van der Waals surface area contributed by atoms with E-state index in [1.54, 1.807) is 0 Å². The monoisotopic (exact) mass is 287 g/mol. The Balaban J connectivity index is 1.96. The molecule has 0 aliphatic heterocycles. The minimum absolute atomic E-state index is 0.0946. The van der Waals surface area contributed by atoms with Crippen molar-refractivity contribution in [3.8, 4) is 11.1 Å². The molecule has 2 aromatic carbocycles. The van der Waals surface area contributed by atoms with E-state index in [9.17, 15) is 4.79 Å². The van der Waals surface area contributed by atoms with Gasteiger partial charge in [0.05, 0.1) is 6.04 Å². The average Bonchev–Trinajstić information content (AvgIpc) is 2.81. The van der Waals surface area contributed by atoms with E-state index in [4.69, 9.17) is 16.7 Å². The number of hydrogen-bond acceptors (Lipinski definition) is 1. The summed E-state index contributed by atoms with van der Waals surface area (Å²) in [5.74, 6) is 0. The van der Waals surface area contributed by atoms with Gasteiger partial charge in [0.25, 0.3) is 0 Å². The Labute approximate surface area is 122 Å². The Morgan fingerprint density at radius 1 is 1.25 bits per heavy atom. The molecule has 1 unspecified atom stereocenters. The minimum Gasteiger partial charge on any atom is -0.465 e. The summed E-state index contributed by atoms with van der Waals surface area (Å²) in [6, 6.07) is 13.8. The largest absolute Gasteiger partial charge is 0.465 e. The molecule has 1 amide bonds. The van der Waals surface area contributed by atoms with Crippen LogP contribution in [0.3, 0.4) is 0 Å². The molecule has 0 fully saturated rings. The van der Waals surface area contributed by atoms with Gasteiger partial charge in [0.1, 0.15) is 0 Å². The molecular formula is C16H14ClNO2.